The van der Waals surface area contributed by atoms with Crippen molar-refractivity contribution in [2.45, 2.75) is 25.0 Å². The third-order valence-electron chi connectivity index (χ3n) is 4.98. The van der Waals surface area contributed by atoms with Gasteiger partial charge < -0.3 is 5.32 Å². The van der Waals surface area contributed by atoms with Crippen molar-refractivity contribution in [3.05, 3.63) is 119 Å². The van der Waals surface area contributed by atoms with E-state index in [0.29, 0.717) is 12.0 Å². The average Bonchev–Trinajstić information content (AvgIpc) is 3.24. The number of hydroxylamine groups is 1. The minimum absolute atomic E-state index is 0.0972. The van der Waals surface area contributed by atoms with Crippen molar-refractivity contribution in [3.63, 3.8) is 0 Å². The van der Waals surface area contributed by atoms with Crippen LogP contribution in [0.5, 0.6) is 0 Å². The molecule has 2 atom stereocenters. The molecule has 4 nitrogen and oxygen atoms in total. The molecule has 0 aromatic heterocycles. The predicted molar refractivity (Wildman–Crippen MR) is 114 cm³/mol. The van der Waals surface area contributed by atoms with E-state index in [1.54, 1.807) is 0 Å². The predicted octanol–water partition coefficient (Wildman–Crippen LogP) is 4.06. The Morgan fingerprint density at radius 1 is 0.862 bits per heavy atom. The quantitative estimate of drug-likeness (QED) is 0.646. The Hall–Kier alpha value is -3.37. The molecule has 0 saturated heterocycles. The molecule has 1 aliphatic heterocycles. The van der Waals surface area contributed by atoms with E-state index >= 15 is 0 Å². The second kappa shape index (κ2) is 9.22. The molecule has 0 bridgehead atoms. The molecule has 29 heavy (non-hydrogen) atoms. The number of hydrogen-bond donors (Lipinski definition) is 2. The smallest absolute Gasteiger partial charge is 0.251 e. The summed E-state index contributed by atoms with van der Waals surface area (Å²) < 4.78 is 0. The van der Waals surface area contributed by atoms with Crippen molar-refractivity contribution < 1.29 is 9.63 Å². The number of allylic oxidation sites excluding steroid dienone is 1. The minimum Gasteiger partial charge on any atom is -0.346 e. The molecule has 0 saturated carbocycles. The summed E-state index contributed by atoms with van der Waals surface area (Å²) in [5, 5.41) is 3.16. The number of hydrogen-bond acceptors (Lipinski definition) is 3. The molecule has 0 spiro atoms. The van der Waals surface area contributed by atoms with Gasteiger partial charge in [-0.25, -0.2) is 0 Å². The van der Waals surface area contributed by atoms with E-state index in [1.165, 1.54) is 5.56 Å². The van der Waals surface area contributed by atoms with E-state index in [2.05, 4.69) is 41.1 Å². The molecule has 2 N–H and O–H groups in total. The Kier molecular flexibility index (Phi) is 6.03. The van der Waals surface area contributed by atoms with Crippen molar-refractivity contribution in [1.82, 2.24) is 10.8 Å². The first kappa shape index (κ1) is 19.0. The zero-order valence-electron chi connectivity index (χ0n) is 16.1. The first-order valence-corrected chi connectivity index (χ1v) is 9.84. The summed E-state index contributed by atoms with van der Waals surface area (Å²) in [6.07, 6.45) is 3.27. The molecule has 2 unspecified atom stereocenters. The number of nitrogens with one attached hydrogen (secondary N) is 2. The number of carbonyl (C=O) groups excluding carboxylic acids is 1. The fourth-order valence-corrected chi connectivity index (χ4v) is 3.48. The van der Waals surface area contributed by atoms with Gasteiger partial charge in [-0.05, 0) is 35.8 Å². The third-order valence-corrected chi connectivity index (χ3v) is 4.98. The monoisotopic (exact) mass is 384 g/mol. The summed E-state index contributed by atoms with van der Waals surface area (Å²) >= 11 is 0. The van der Waals surface area contributed by atoms with E-state index < -0.39 is 0 Å². The maximum Gasteiger partial charge on any atom is 0.251 e. The maximum absolute atomic E-state index is 12.8. The second-order valence-electron chi connectivity index (χ2n) is 7.17. The van der Waals surface area contributed by atoms with E-state index in [9.17, 15) is 4.79 Å². The van der Waals surface area contributed by atoms with Crippen LogP contribution in [-0.2, 0) is 17.7 Å². The lowest BCUT2D eigenvalue weighted by molar-refractivity contribution is 0.0201. The highest BCUT2D eigenvalue weighted by Gasteiger charge is 2.28. The molecule has 3 aromatic carbocycles. The molecule has 3 aromatic rings. The largest absolute Gasteiger partial charge is 0.346 e. The van der Waals surface area contributed by atoms with Gasteiger partial charge in [0.1, 0.15) is 6.10 Å². The Balaban J connectivity index is 1.51. The van der Waals surface area contributed by atoms with Crippen molar-refractivity contribution in [3.8, 4) is 0 Å². The van der Waals surface area contributed by atoms with Gasteiger partial charge >= 0.3 is 0 Å². The normalized spacial score (nSPS) is 16.6. The zero-order chi connectivity index (χ0) is 19.9. The lowest BCUT2D eigenvalue weighted by Crippen LogP contribution is -2.45. The maximum atomic E-state index is 12.8. The highest BCUT2D eigenvalue weighted by atomic mass is 16.7. The topological polar surface area (TPSA) is 50.4 Å². The van der Waals surface area contributed by atoms with Gasteiger partial charge in [-0.1, -0.05) is 78.9 Å². The minimum atomic E-state index is -0.249. The molecule has 1 aliphatic rings. The third kappa shape index (κ3) is 5.12. The van der Waals surface area contributed by atoms with Gasteiger partial charge in [0, 0.05) is 17.7 Å². The summed E-state index contributed by atoms with van der Waals surface area (Å²) in [5.74, 6) is -0.0972. The summed E-state index contributed by atoms with van der Waals surface area (Å²) in [5.41, 5.74) is 7.06. The number of carbonyl (C=O) groups is 1. The van der Waals surface area contributed by atoms with Crippen LogP contribution in [0.15, 0.2) is 103 Å². The van der Waals surface area contributed by atoms with Gasteiger partial charge in [0.2, 0.25) is 0 Å². The molecule has 4 rings (SSSR count). The summed E-state index contributed by atoms with van der Waals surface area (Å²) in [4.78, 5) is 18.6. The zero-order valence-corrected chi connectivity index (χ0v) is 16.1. The van der Waals surface area contributed by atoms with Gasteiger partial charge in [0.15, 0.2) is 0 Å². The Morgan fingerprint density at radius 3 is 2.10 bits per heavy atom. The highest BCUT2D eigenvalue weighted by molar-refractivity contribution is 5.94. The summed E-state index contributed by atoms with van der Waals surface area (Å²) in [6.45, 7) is 0. The van der Waals surface area contributed by atoms with Crippen molar-refractivity contribution in [2.24, 2.45) is 0 Å². The van der Waals surface area contributed by atoms with Crippen molar-refractivity contribution in [1.29, 1.82) is 0 Å². The van der Waals surface area contributed by atoms with Crippen LogP contribution in [0.4, 0.5) is 0 Å². The van der Waals surface area contributed by atoms with Crippen LogP contribution < -0.4 is 10.8 Å². The Bertz CT molecular complexity index is 956. The van der Waals surface area contributed by atoms with E-state index in [1.807, 2.05) is 66.7 Å². The van der Waals surface area contributed by atoms with Gasteiger partial charge in [-0.2, -0.15) is 0 Å². The van der Waals surface area contributed by atoms with E-state index in [0.717, 1.165) is 17.7 Å². The number of benzene rings is 3. The van der Waals surface area contributed by atoms with Crippen LogP contribution in [0.25, 0.3) is 0 Å². The Labute approximate surface area is 171 Å². The average molecular weight is 384 g/mol. The van der Waals surface area contributed by atoms with Crippen LogP contribution in [0, 0.1) is 0 Å². The molecule has 0 fully saturated rings. The van der Waals surface area contributed by atoms with Crippen LogP contribution in [0.3, 0.4) is 0 Å². The number of rotatable bonds is 7. The Morgan fingerprint density at radius 2 is 1.45 bits per heavy atom. The van der Waals surface area contributed by atoms with Gasteiger partial charge in [0.25, 0.3) is 5.91 Å². The van der Waals surface area contributed by atoms with Crippen LogP contribution in [-0.4, -0.2) is 18.1 Å². The van der Waals surface area contributed by atoms with Crippen LogP contribution in [0.1, 0.15) is 21.5 Å². The van der Waals surface area contributed by atoms with E-state index in [4.69, 9.17) is 4.84 Å². The molecular weight excluding hydrogens is 360 g/mol. The molecule has 146 valence electrons. The molecular formula is C25H24N2O2. The van der Waals surface area contributed by atoms with Crippen molar-refractivity contribution in [2.75, 3.05) is 0 Å². The first-order valence-electron chi connectivity index (χ1n) is 9.84. The lowest BCUT2D eigenvalue weighted by atomic mass is 9.99. The van der Waals surface area contributed by atoms with Crippen molar-refractivity contribution >= 4 is 5.91 Å². The molecule has 0 radical (unpaired) electrons. The standard InChI is InChI=1S/C25H24N2O2/c28-25(21-14-8-3-9-15-21)26-23(17-20-12-6-2-7-13-20)24-18-22(27-29-24)16-19-10-4-1-5-11-19/h1-15,18,23-24,27H,16-17H2,(H,26,28). The first-order chi connectivity index (χ1) is 14.3. The summed E-state index contributed by atoms with van der Waals surface area (Å²) in [6, 6.07) is 29.5. The molecule has 4 heteroatoms. The second-order valence-corrected chi connectivity index (χ2v) is 7.17. The number of amides is 1. The van der Waals surface area contributed by atoms with Gasteiger partial charge in [0.05, 0.1) is 6.04 Å². The SMILES string of the molecule is O=C(NC(Cc1ccccc1)C1C=C(Cc2ccccc2)NO1)c1ccccc1. The molecule has 1 heterocycles. The lowest BCUT2D eigenvalue weighted by Gasteiger charge is -2.23. The van der Waals surface area contributed by atoms with Crippen LogP contribution >= 0.6 is 0 Å². The molecule has 0 aliphatic carbocycles. The van der Waals surface area contributed by atoms with E-state index in [-0.39, 0.29) is 18.1 Å². The highest BCUT2D eigenvalue weighted by Crippen LogP contribution is 2.18. The van der Waals surface area contributed by atoms with Gasteiger partial charge in [-0.3, -0.25) is 15.1 Å². The fourth-order valence-electron chi connectivity index (χ4n) is 3.48. The molecule has 1 amide bonds. The van der Waals surface area contributed by atoms with Gasteiger partial charge in [-0.15, -0.1) is 0 Å². The van der Waals surface area contributed by atoms with Crippen LogP contribution in [0.2, 0.25) is 0 Å². The summed E-state index contributed by atoms with van der Waals surface area (Å²) in [7, 11) is 0. The fraction of sp³-hybridized carbons (Fsp3) is 0.160.